The van der Waals surface area contributed by atoms with Gasteiger partial charge in [-0.05, 0) is 41.5 Å². The summed E-state index contributed by atoms with van der Waals surface area (Å²) in [7, 11) is -4.41. The number of aliphatic carboxylic acids is 1. The molecule has 1 aromatic carbocycles. The van der Waals surface area contributed by atoms with Crippen LogP contribution in [0, 0.1) is 5.92 Å². The summed E-state index contributed by atoms with van der Waals surface area (Å²) in [5.74, 6) is -2.41. The van der Waals surface area contributed by atoms with E-state index in [-0.39, 0.29) is 16.4 Å². The van der Waals surface area contributed by atoms with Gasteiger partial charge in [0, 0.05) is 11.5 Å². The maximum absolute atomic E-state index is 13.3. The number of benzene rings is 1. The standard InChI is InChI=1S/C20H18F3N7O6S2/c21-20(22,23)10-5-6-12(11(7-10)15(33)9-3-1-2-4-9)24-17(34)26-18-25-13(8-14(31)32)16(37-18)38(35,36)19-27-29-30-28-19/h5-7,9H,1-4,8H2,(H,31,32)(H2,24,25,26,34)(H,27,28,29,30). The predicted octanol–water partition coefficient (Wildman–Crippen LogP) is 3.15. The molecule has 0 radical (unpaired) electrons. The molecule has 0 atom stereocenters. The number of sulfone groups is 1. The van der Waals surface area contributed by atoms with Crippen LogP contribution in [0.1, 0.15) is 47.3 Å². The van der Waals surface area contributed by atoms with Crippen molar-refractivity contribution >= 4 is 49.8 Å². The van der Waals surface area contributed by atoms with E-state index >= 15 is 0 Å². The van der Waals surface area contributed by atoms with E-state index in [9.17, 15) is 36.0 Å². The minimum Gasteiger partial charge on any atom is -0.481 e. The van der Waals surface area contributed by atoms with Gasteiger partial charge in [0.1, 0.15) is 0 Å². The quantitative estimate of drug-likeness (QED) is 0.290. The van der Waals surface area contributed by atoms with Gasteiger partial charge in [-0.15, -0.1) is 0 Å². The number of carboxylic acid groups (broad SMARTS) is 1. The Labute approximate surface area is 215 Å². The highest BCUT2D eigenvalue weighted by Crippen LogP contribution is 2.36. The fourth-order valence-electron chi connectivity index (χ4n) is 3.90. The first-order valence-corrected chi connectivity index (χ1v) is 13.2. The SMILES string of the molecule is O=C(O)Cc1nc(NC(=O)Nc2ccc(C(F)(F)F)cc2C(=O)C2CCCC2)sc1S(=O)(=O)c1nnn[nH]1. The predicted molar refractivity (Wildman–Crippen MR) is 123 cm³/mol. The van der Waals surface area contributed by atoms with Gasteiger partial charge in [0.05, 0.1) is 23.4 Å². The molecule has 1 aliphatic carbocycles. The van der Waals surface area contributed by atoms with E-state index in [0.29, 0.717) is 36.3 Å². The maximum Gasteiger partial charge on any atom is 0.416 e. The molecule has 3 aromatic rings. The Hall–Kier alpha value is -3.93. The number of ketones is 1. The molecular formula is C20H18F3N7O6S2. The molecule has 2 heterocycles. The van der Waals surface area contributed by atoms with Gasteiger partial charge in [-0.25, -0.2) is 23.3 Å². The van der Waals surface area contributed by atoms with Crippen molar-refractivity contribution in [1.29, 1.82) is 0 Å². The van der Waals surface area contributed by atoms with Crippen molar-refractivity contribution in [3.8, 4) is 0 Å². The summed E-state index contributed by atoms with van der Waals surface area (Å²) in [6.07, 6.45) is -2.97. The molecule has 13 nitrogen and oxygen atoms in total. The molecule has 1 fully saturated rings. The lowest BCUT2D eigenvalue weighted by Gasteiger charge is -2.16. The highest BCUT2D eigenvalue weighted by atomic mass is 32.2. The number of Topliss-reactive ketones (excluding diaryl/α,β-unsaturated/α-hetero) is 1. The van der Waals surface area contributed by atoms with Crippen LogP contribution in [0.4, 0.5) is 28.8 Å². The van der Waals surface area contributed by atoms with E-state index in [0.717, 1.165) is 18.9 Å². The summed E-state index contributed by atoms with van der Waals surface area (Å²) in [5, 5.41) is 24.4. The van der Waals surface area contributed by atoms with Crippen LogP contribution in [-0.2, 0) is 27.2 Å². The number of urea groups is 1. The molecule has 0 aliphatic heterocycles. The molecule has 2 aromatic heterocycles. The van der Waals surface area contributed by atoms with Crippen LogP contribution in [0.25, 0.3) is 0 Å². The number of thiazole rings is 1. The number of rotatable bonds is 8. The number of H-pyrrole nitrogens is 1. The van der Waals surface area contributed by atoms with Crippen LogP contribution in [0.15, 0.2) is 27.6 Å². The molecule has 0 bridgehead atoms. The zero-order chi connectivity index (χ0) is 27.7. The topological polar surface area (TPSA) is 197 Å². The minimum absolute atomic E-state index is 0.185. The number of nitrogens with zero attached hydrogens (tertiary/aromatic N) is 4. The number of amides is 2. The lowest BCUT2D eigenvalue weighted by atomic mass is 9.93. The molecule has 1 saturated carbocycles. The van der Waals surface area contributed by atoms with Gasteiger partial charge in [0.25, 0.3) is 15.0 Å². The fraction of sp³-hybridized carbons (Fsp3) is 0.350. The number of aromatic nitrogens is 5. The Morgan fingerprint density at radius 2 is 1.87 bits per heavy atom. The third-order valence-corrected chi connectivity index (χ3v) is 8.73. The van der Waals surface area contributed by atoms with E-state index in [4.69, 9.17) is 5.11 Å². The number of nitrogens with one attached hydrogen (secondary N) is 3. The first kappa shape index (κ1) is 27.1. The molecule has 38 heavy (non-hydrogen) atoms. The lowest BCUT2D eigenvalue weighted by Crippen LogP contribution is -2.23. The third kappa shape index (κ3) is 5.80. The molecule has 4 N–H and O–H groups in total. The molecule has 1 aliphatic rings. The normalized spacial score (nSPS) is 14.4. The number of anilines is 2. The Bertz CT molecular complexity index is 1480. The van der Waals surface area contributed by atoms with E-state index < -0.39 is 66.8 Å². The number of aromatic amines is 1. The Balaban J connectivity index is 1.61. The number of tetrazole rings is 1. The molecule has 2 amide bonds. The van der Waals surface area contributed by atoms with Gasteiger partial charge >= 0.3 is 18.2 Å². The second kappa shape index (κ2) is 10.4. The van der Waals surface area contributed by atoms with Crippen LogP contribution in [-0.4, -0.2) is 56.9 Å². The second-order valence-electron chi connectivity index (χ2n) is 8.22. The Morgan fingerprint density at radius 1 is 1.16 bits per heavy atom. The number of alkyl halides is 3. The number of hydrogen-bond donors (Lipinski definition) is 4. The van der Waals surface area contributed by atoms with Crippen molar-refractivity contribution in [2.75, 3.05) is 10.6 Å². The molecule has 0 spiro atoms. The molecule has 202 valence electrons. The number of carbonyl (C=O) groups is 3. The zero-order valence-corrected chi connectivity index (χ0v) is 20.7. The van der Waals surface area contributed by atoms with Crippen molar-refractivity contribution in [2.45, 2.75) is 47.6 Å². The molecule has 4 rings (SSSR count). The van der Waals surface area contributed by atoms with E-state index in [1.54, 1.807) is 0 Å². The molecule has 18 heteroatoms. The van der Waals surface area contributed by atoms with Crippen molar-refractivity contribution in [2.24, 2.45) is 5.92 Å². The first-order chi connectivity index (χ1) is 17.9. The van der Waals surface area contributed by atoms with E-state index in [1.807, 2.05) is 0 Å². The summed E-state index contributed by atoms with van der Waals surface area (Å²) >= 11 is 0.417. The van der Waals surface area contributed by atoms with Crippen molar-refractivity contribution in [1.82, 2.24) is 25.6 Å². The van der Waals surface area contributed by atoms with Crippen molar-refractivity contribution < 1.29 is 41.1 Å². The Morgan fingerprint density at radius 3 is 2.47 bits per heavy atom. The lowest BCUT2D eigenvalue weighted by molar-refractivity contribution is -0.138. The van der Waals surface area contributed by atoms with Gasteiger partial charge in [-0.2, -0.15) is 13.2 Å². The number of hydrogen-bond acceptors (Lipinski definition) is 10. The number of carbonyl (C=O) groups excluding carboxylic acids is 2. The summed E-state index contributed by atoms with van der Waals surface area (Å²) in [5.41, 5.74) is -1.95. The monoisotopic (exact) mass is 573 g/mol. The van der Waals surface area contributed by atoms with Gasteiger partial charge in [0.15, 0.2) is 15.1 Å². The second-order valence-corrected chi connectivity index (χ2v) is 11.3. The smallest absolute Gasteiger partial charge is 0.416 e. The molecular weight excluding hydrogens is 555 g/mol. The van der Waals surface area contributed by atoms with Gasteiger partial charge < -0.3 is 10.4 Å². The fourth-order valence-corrected chi connectivity index (χ4v) is 6.43. The summed E-state index contributed by atoms with van der Waals surface area (Å²) in [6, 6.07) is 1.30. The van der Waals surface area contributed by atoms with Gasteiger partial charge in [-0.1, -0.05) is 29.3 Å². The summed E-state index contributed by atoms with van der Waals surface area (Å²) < 4.78 is 64.9. The van der Waals surface area contributed by atoms with Crippen LogP contribution in [0.2, 0.25) is 0 Å². The highest BCUT2D eigenvalue weighted by Gasteiger charge is 2.34. The maximum atomic E-state index is 13.3. The van der Waals surface area contributed by atoms with Crippen molar-refractivity contribution in [3.05, 3.63) is 35.0 Å². The molecule has 0 unspecified atom stereocenters. The average molecular weight is 574 g/mol. The van der Waals surface area contributed by atoms with Crippen molar-refractivity contribution in [3.63, 3.8) is 0 Å². The van der Waals surface area contributed by atoms with Gasteiger partial charge in [0.2, 0.25) is 0 Å². The first-order valence-electron chi connectivity index (χ1n) is 10.9. The van der Waals surface area contributed by atoms with Crippen LogP contribution >= 0.6 is 11.3 Å². The van der Waals surface area contributed by atoms with E-state index in [2.05, 4.69) is 36.2 Å². The van der Waals surface area contributed by atoms with Crippen LogP contribution in [0.5, 0.6) is 0 Å². The van der Waals surface area contributed by atoms with Crippen LogP contribution in [0.3, 0.4) is 0 Å². The van der Waals surface area contributed by atoms with Crippen LogP contribution < -0.4 is 10.6 Å². The number of halogens is 3. The third-order valence-electron chi connectivity index (χ3n) is 5.61. The summed E-state index contributed by atoms with van der Waals surface area (Å²) in [4.78, 5) is 40.7. The minimum atomic E-state index is -4.71. The molecule has 0 saturated heterocycles. The Kier molecular flexibility index (Phi) is 7.45. The number of carboxylic acids is 1. The van der Waals surface area contributed by atoms with E-state index in [1.165, 1.54) is 0 Å². The zero-order valence-electron chi connectivity index (χ0n) is 19.1. The average Bonchev–Trinajstić information content (AvgIpc) is 3.60. The van der Waals surface area contributed by atoms with Gasteiger partial charge in [-0.3, -0.25) is 14.9 Å². The summed E-state index contributed by atoms with van der Waals surface area (Å²) in [6.45, 7) is 0. The highest BCUT2D eigenvalue weighted by molar-refractivity contribution is 7.93. The largest absolute Gasteiger partial charge is 0.481 e.